The summed E-state index contributed by atoms with van der Waals surface area (Å²) in [5.41, 5.74) is 33.0. The summed E-state index contributed by atoms with van der Waals surface area (Å²) in [6, 6.07) is 187. The fraction of sp³-hybridized carbons (Fsp3) is 0. The van der Waals surface area contributed by atoms with Gasteiger partial charge in [-0.05, 0) is 249 Å². The lowest BCUT2D eigenvalue weighted by molar-refractivity contribution is 1.10. The fourth-order valence-corrected chi connectivity index (χ4v) is 23.2. The summed E-state index contributed by atoms with van der Waals surface area (Å²) in [5, 5.41) is 34.0. The molecule has 0 amide bonds. The number of aromatic nitrogens is 8. The highest BCUT2D eigenvalue weighted by molar-refractivity contribution is 6.27. The van der Waals surface area contributed by atoms with Gasteiger partial charge in [-0.25, -0.2) is 19.9 Å². The van der Waals surface area contributed by atoms with Gasteiger partial charge in [-0.15, -0.1) is 0 Å². The van der Waals surface area contributed by atoms with Crippen LogP contribution in [-0.4, -0.2) is 37.7 Å². The average Bonchev–Trinajstić information content (AvgIpc) is 1.57. The minimum absolute atomic E-state index is 0.621. The maximum absolute atomic E-state index is 9.56. The Hall–Kier alpha value is -20.3. The standard InChI is InChI=1S/C44H27N3.2C35H22N2.C27H18N2/c45-28-29-18-20-32(21-19-29)44-46-42-40(35-24-22-30-10-4-6-12-33(30)26-35)38-16-8-9-17-39(38)41(43(42)47(44)37-14-2-1-3-15-37)36-25-23-31-11-5-7-13-34(31)27-36;1-3-15-25-23(11-1)13-9-19-27(25)32-29-17-5-6-18-30(29)33(28-20-10-14-24-12-2-4-16-26(24)28)35-34(32)36-31-21-7-8-22-37(31)35;1-3-11-25-21-27(18-16-23(25)9-1)32-29-13-5-6-14-30(29)33(28-19-17-24-10-2-4-12-26(24)22-28)35-34(32)36-31-15-7-8-20-37(31)35;1-3-11-19(12-4-1)24-21-15-7-8-16-22(21)25(20-13-5-2-6-14-20)27-26(24)28-23-17-9-10-18-29(23)27/h1-27H;2*1-22H;1-18H. The van der Waals surface area contributed by atoms with Crippen LogP contribution in [0.1, 0.15) is 5.56 Å². The second-order valence-electron chi connectivity index (χ2n) is 38.4. The molecule has 0 saturated heterocycles. The van der Waals surface area contributed by atoms with E-state index in [0.29, 0.717) is 5.56 Å². The van der Waals surface area contributed by atoms with Crippen LogP contribution in [0.2, 0.25) is 0 Å². The normalized spacial score (nSPS) is 11.6. The number of hydrogen-bond acceptors (Lipinski definition) is 5. The summed E-state index contributed by atoms with van der Waals surface area (Å²) in [7, 11) is 0. The lowest BCUT2D eigenvalue weighted by atomic mass is 9.87. The van der Waals surface area contributed by atoms with Crippen molar-refractivity contribution < 1.29 is 0 Å². The third-order valence-corrected chi connectivity index (χ3v) is 29.9. The topological polar surface area (TPSA) is 93.5 Å². The van der Waals surface area contributed by atoms with E-state index in [0.717, 1.165) is 106 Å². The summed E-state index contributed by atoms with van der Waals surface area (Å²) in [6.07, 6.45) is 6.38. The van der Waals surface area contributed by atoms with Crippen LogP contribution in [-0.2, 0) is 0 Å². The van der Waals surface area contributed by atoms with Gasteiger partial charge in [-0.3, -0.25) is 17.8 Å². The van der Waals surface area contributed by atoms with Crippen LogP contribution in [0.15, 0.2) is 540 Å². The summed E-state index contributed by atoms with van der Waals surface area (Å²) < 4.78 is 9.03. The van der Waals surface area contributed by atoms with E-state index in [-0.39, 0.29) is 0 Å². The van der Waals surface area contributed by atoms with Crippen molar-refractivity contribution in [3.63, 3.8) is 0 Å². The molecule has 0 fully saturated rings. The summed E-state index contributed by atoms with van der Waals surface area (Å²) in [5.74, 6) is 0.829. The number of imidazole rings is 4. The van der Waals surface area contributed by atoms with Gasteiger partial charge in [0.05, 0.1) is 55.8 Å². The SMILES string of the molecule is N#Cc1ccc(-c2nc3c(-c4ccc5ccccc5c4)c4ccccc4c(-c4ccc5ccccc5c4)c3n2-c2ccccc2)cc1.c1ccc(-c2c3ccccc3c(-c3ccccc3)c3c2nc2ccccn23)cc1.c1ccc2c(-c3c4ccccc4c(-c4cccc5ccccc45)c4c3nc3ccccn34)cccc2c1.c1ccc2cc(-c3c4ccccc4c(-c4ccc5ccccc5c4)c4c3nc3ccccn34)ccc2c1. The van der Waals surface area contributed by atoms with Crippen molar-refractivity contribution in [2.24, 2.45) is 0 Å². The van der Waals surface area contributed by atoms with E-state index >= 15 is 0 Å². The van der Waals surface area contributed by atoms with Gasteiger partial charge in [-0.1, -0.05) is 425 Å². The molecule has 0 spiro atoms. The Morgan fingerprint density at radius 3 is 0.840 bits per heavy atom. The second-order valence-corrected chi connectivity index (χ2v) is 38.4. The van der Waals surface area contributed by atoms with E-state index in [1.54, 1.807) is 0 Å². The first-order valence-corrected chi connectivity index (χ1v) is 50.9. The molecule has 0 saturated carbocycles. The van der Waals surface area contributed by atoms with E-state index in [4.69, 9.17) is 19.9 Å². The molecule has 31 rings (SSSR count). The number of hydrogen-bond donors (Lipinski definition) is 0. The first-order valence-electron chi connectivity index (χ1n) is 50.9. The number of para-hydroxylation sites is 1. The van der Waals surface area contributed by atoms with Gasteiger partial charge in [0.2, 0.25) is 0 Å². The first kappa shape index (κ1) is 87.5. The zero-order chi connectivity index (χ0) is 99.2. The summed E-state index contributed by atoms with van der Waals surface area (Å²) in [6.45, 7) is 0. The molecule has 0 radical (unpaired) electrons. The maximum atomic E-state index is 9.56. The molecule has 24 aromatic carbocycles. The zero-order valence-corrected chi connectivity index (χ0v) is 81.4. The lowest BCUT2D eigenvalue weighted by Crippen LogP contribution is -1.99. The predicted molar refractivity (Wildman–Crippen MR) is 628 cm³/mol. The average molecular weight is 1910 g/mol. The van der Waals surface area contributed by atoms with Crippen molar-refractivity contribution >= 4 is 169 Å². The number of pyridine rings is 3. The molecule has 0 aliphatic heterocycles. The maximum Gasteiger partial charge on any atom is 0.145 e. The molecule has 9 nitrogen and oxygen atoms in total. The van der Waals surface area contributed by atoms with Crippen LogP contribution >= 0.6 is 0 Å². The third-order valence-electron chi connectivity index (χ3n) is 29.9. The minimum atomic E-state index is 0.621. The highest BCUT2D eigenvalue weighted by atomic mass is 15.1. The number of fused-ring (bicyclic) bond motifs is 20. The Morgan fingerprint density at radius 1 is 0.173 bits per heavy atom. The van der Waals surface area contributed by atoms with Gasteiger partial charge >= 0.3 is 0 Å². The molecule has 0 bridgehead atoms. The molecule has 0 unspecified atom stereocenters. The smallest absolute Gasteiger partial charge is 0.145 e. The second kappa shape index (κ2) is 36.8. The van der Waals surface area contributed by atoms with Crippen molar-refractivity contribution in [3.05, 3.63) is 546 Å². The Morgan fingerprint density at radius 2 is 0.440 bits per heavy atom. The molecule has 0 aliphatic carbocycles. The van der Waals surface area contributed by atoms with Gasteiger partial charge in [0.25, 0.3) is 0 Å². The van der Waals surface area contributed by atoms with Crippen LogP contribution < -0.4 is 0 Å². The van der Waals surface area contributed by atoms with Gasteiger partial charge in [0.1, 0.15) is 22.8 Å². The Labute approximate surface area is 863 Å². The molecule has 9 heteroatoms. The Kier molecular flexibility index (Phi) is 21.5. The summed E-state index contributed by atoms with van der Waals surface area (Å²) >= 11 is 0. The van der Waals surface area contributed by atoms with Crippen LogP contribution in [0.4, 0.5) is 0 Å². The molecule has 7 heterocycles. The molecular formula is C141H89N9. The molecule has 7 aromatic heterocycles. The third kappa shape index (κ3) is 14.9. The quantitative estimate of drug-likeness (QED) is 0.136. The molecular weight excluding hydrogens is 1820 g/mol. The molecule has 150 heavy (non-hydrogen) atoms. The first-order chi connectivity index (χ1) is 74.4. The zero-order valence-electron chi connectivity index (χ0n) is 81.4. The largest absolute Gasteiger partial charge is 0.299 e. The minimum Gasteiger partial charge on any atom is -0.299 e. The highest BCUT2D eigenvalue weighted by Crippen LogP contribution is 2.53. The van der Waals surface area contributed by atoms with Gasteiger partial charge < -0.3 is 0 Å². The molecule has 0 atom stereocenters. The van der Waals surface area contributed by atoms with Crippen LogP contribution in [0.25, 0.3) is 275 Å². The number of nitriles is 1. The van der Waals surface area contributed by atoms with E-state index < -0.39 is 0 Å². The van der Waals surface area contributed by atoms with Crippen molar-refractivity contribution in [1.29, 1.82) is 5.26 Å². The lowest BCUT2D eigenvalue weighted by Gasteiger charge is -2.18. The van der Waals surface area contributed by atoms with E-state index in [1.165, 1.54) is 169 Å². The van der Waals surface area contributed by atoms with Crippen LogP contribution in [0.5, 0.6) is 0 Å². The van der Waals surface area contributed by atoms with Crippen molar-refractivity contribution in [1.82, 2.24) is 37.7 Å². The highest BCUT2D eigenvalue weighted by Gasteiger charge is 2.30. The number of nitrogens with zero attached hydrogens (tertiary/aromatic N) is 9. The van der Waals surface area contributed by atoms with Gasteiger partial charge in [-0.2, -0.15) is 5.26 Å². The molecule has 0 N–H and O–H groups in total. The van der Waals surface area contributed by atoms with Gasteiger partial charge in [0, 0.05) is 74.3 Å². The monoisotopic (exact) mass is 1910 g/mol. The molecule has 0 aliphatic rings. The number of rotatable bonds is 10. The predicted octanol–water partition coefficient (Wildman–Crippen LogP) is 36.9. The van der Waals surface area contributed by atoms with Crippen LogP contribution in [0, 0.1) is 11.3 Å². The van der Waals surface area contributed by atoms with Gasteiger partial charge in [0.15, 0.2) is 0 Å². The van der Waals surface area contributed by atoms with E-state index in [9.17, 15) is 5.26 Å². The number of benzene rings is 24. The van der Waals surface area contributed by atoms with Crippen molar-refractivity contribution in [2.45, 2.75) is 0 Å². The van der Waals surface area contributed by atoms with Crippen LogP contribution in [0.3, 0.4) is 0 Å². The Bertz CT molecular complexity index is 10900. The van der Waals surface area contributed by atoms with E-state index in [1.807, 2.05) is 36.4 Å². The van der Waals surface area contributed by atoms with Crippen molar-refractivity contribution in [2.75, 3.05) is 0 Å². The molecule has 31 aromatic rings. The Balaban J connectivity index is 0.0000000973. The molecule has 698 valence electrons. The van der Waals surface area contributed by atoms with Crippen molar-refractivity contribution in [3.8, 4) is 112 Å². The summed E-state index contributed by atoms with van der Waals surface area (Å²) in [4.78, 5) is 21.2. The fourth-order valence-electron chi connectivity index (χ4n) is 23.2. The van der Waals surface area contributed by atoms with E-state index in [2.05, 4.69) is 528 Å².